The van der Waals surface area contributed by atoms with Crippen molar-refractivity contribution >= 4 is 17.4 Å². The molecule has 0 atom stereocenters. The molecule has 3 nitrogen and oxygen atoms in total. The molecular formula is C16H21ClO3. The zero-order chi connectivity index (χ0) is 14.5. The van der Waals surface area contributed by atoms with Gasteiger partial charge in [-0.3, -0.25) is 4.79 Å². The fourth-order valence-electron chi connectivity index (χ4n) is 2.84. The van der Waals surface area contributed by atoms with Gasteiger partial charge in [0.25, 0.3) is 0 Å². The lowest BCUT2D eigenvalue weighted by atomic mass is 9.97. The molecule has 0 amide bonds. The zero-order valence-corrected chi connectivity index (χ0v) is 12.8. The Morgan fingerprint density at radius 2 is 1.80 bits per heavy atom. The standard InChI is InChI=1S/C16H21ClO3/c1-19-15-9-12(13(17)10-16(15)20-2)14(18)8-7-11-5-3-4-6-11/h9-11H,3-8H2,1-2H3. The molecule has 0 aliphatic heterocycles. The molecule has 1 saturated carbocycles. The number of hydrogen-bond acceptors (Lipinski definition) is 3. The van der Waals surface area contributed by atoms with Crippen LogP contribution in [0.15, 0.2) is 12.1 Å². The zero-order valence-electron chi connectivity index (χ0n) is 12.1. The topological polar surface area (TPSA) is 35.5 Å². The van der Waals surface area contributed by atoms with E-state index in [4.69, 9.17) is 21.1 Å². The summed E-state index contributed by atoms with van der Waals surface area (Å²) in [6.45, 7) is 0. The van der Waals surface area contributed by atoms with Gasteiger partial charge in [0.15, 0.2) is 17.3 Å². The third-order valence-electron chi connectivity index (χ3n) is 4.03. The van der Waals surface area contributed by atoms with E-state index in [-0.39, 0.29) is 5.78 Å². The van der Waals surface area contributed by atoms with Crippen LogP contribution < -0.4 is 9.47 Å². The monoisotopic (exact) mass is 296 g/mol. The Bertz CT molecular complexity index is 479. The Hall–Kier alpha value is -1.22. The number of ketones is 1. The molecule has 1 aromatic rings. The van der Waals surface area contributed by atoms with Gasteiger partial charge in [0.05, 0.1) is 19.2 Å². The highest BCUT2D eigenvalue weighted by molar-refractivity contribution is 6.34. The van der Waals surface area contributed by atoms with Crippen LogP contribution in [0.1, 0.15) is 48.9 Å². The van der Waals surface area contributed by atoms with E-state index in [0.717, 1.165) is 6.42 Å². The van der Waals surface area contributed by atoms with Gasteiger partial charge < -0.3 is 9.47 Å². The minimum Gasteiger partial charge on any atom is -0.493 e. The van der Waals surface area contributed by atoms with Crippen molar-refractivity contribution in [2.45, 2.75) is 38.5 Å². The maximum atomic E-state index is 12.3. The minimum atomic E-state index is 0.0860. The van der Waals surface area contributed by atoms with Gasteiger partial charge in [-0.25, -0.2) is 0 Å². The second-order valence-corrected chi connectivity index (χ2v) is 5.71. The van der Waals surface area contributed by atoms with Gasteiger partial charge in [-0.2, -0.15) is 0 Å². The molecule has 4 heteroatoms. The quantitative estimate of drug-likeness (QED) is 0.725. The van der Waals surface area contributed by atoms with Crippen molar-refractivity contribution in [3.8, 4) is 11.5 Å². The highest BCUT2D eigenvalue weighted by Gasteiger charge is 2.19. The Morgan fingerprint density at radius 1 is 1.20 bits per heavy atom. The first-order valence-electron chi connectivity index (χ1n) is 7.10. The van der Waals surface area contributed by atoms with Crippen LogP contribution in [0, 0.1) is 5.92 Å². The summed E-state index contributed by atoms with van der Waals surface area (Å²) in [7, 11) is 3.11. The van der Waals surface area contributed by atoms with E-state index in [1.165, 1.54) is 25.7 Å². The van der Waals surface area contributed by atoms with Gasteiger partial charge in [0.1, 0.15) is 0 Å². The number of methoxy groups -OCH3 is 2. The van der Waals surface area contributed by atoms with Gasteiger partial charge in [0.2, 0.25) is 0 Å². The summed E-state index contributed by atoms with van der Waals surface area (Å²) >= 11 is 6.17. The third kappa shape index (κ3) is 3.45. The summed E-state index contributed by atoms with van der Waals surface area (Å²) in [5.41, 5.74) is 0.530. The number of rotatable bonds is 6. The fourth-order valence-corrected chi connectivity index (χ4v) is 3.10. The molecule has 0 saturated heterocycles. The molecule has 1 fully saturated rings. The highest BCUT2D eigenvalue weighted by Crippen LogP contribution is 2.35. The summed E-state index contributed by atoms with van der Waals surface area (Å²) in [6.07, 6.45) is 6.63. The molecule has 0 unspecified atom stereocenters. The summed E-state index contributed by atoms with van der Waals surface area (Å²) in [4.78, 5) is 12.3. The van der Waals surface area contributed by atoms with Gasteiger partial charge in [-0.05, 0) is 18.4 Å². The van der Waals surface area contributed by atoms with Crippen LogP contribution in [-0.4, -0.2) is 20.0 Å². The van der Waals surface area contributed by atoms with Crippen LogP contribution in [0.5, 0.6) is 11.5 Å². The second kappa shape index (κ2) is 6.98. The lowest BCUT2D eigenvalue weighted by Gasteiger charge is -2.12. The first-order valence-corrected chi connectivity index (χ1v) is 7.48. The third-order valence-corrected chi connectivity index (χ3v) is 4.34. The van der Waals surface area contributed by atoms with Crippen LogP contribution in [0.2, 0.25) is 5.02 Å². The number of Topliss-reactive ketones (excluding diaryl/α,β-unsaturated/α-hetero) is 1. The van der Waals surface area contributed by atoms with Crippen molar-refractivity contribution in [2.75, 3.05) is 14.2 Å². The smallest absolute Gasteiger partial charge is 0.164 e. The van der Waals surface area contributed by atoms with Crippen LogP contribution in [-0.2, 0) is 0 Å². The number of carbonyl (C=O) groups is 1. The largest absolute Gasteiger partial charge is 0.493 e. The van der Waals surface area contributed by atoms with Gasteiger partial charge in [-0.15, -0.1) is 0 Å². The SMILES string of the molecule is COc1cc(Cl)c(C(=O)CCC2CCCC2)cc1OC. The minimum absolute atomic E-state index is 0.0860. The maximum Gasteiger partial charge on any atom is 0.164 e. The molecule has 0 bridgehead atoms. The van der Waals surface area contributed by atoms with E-state index in [0.29, 0.717) is 34.4 Å². The van der Waals surface area contributed by atoms with Crippen LogP contribution in [0.25, 0.3) is 0 Å². The van der Waals surface area contributed by atoms with Crippen LogP contribution >= 0.6 is 11.6 Å². The first kappa shape index (κ1) is 15.2. The van der Waals surface area contributed by atoms with Gasteiger partial charge in [0, 0.05) is 18.1 Å². The van der Waals surface area contributed by atoms with Crippen LogP contribution in [0.3, 0.4) is 0 Å². The Labute approximate surface area is 125 Å². The van der Waals surface area contributed by atoms with Gasteiger partial charge in [-0.1, -0.05) is 37.3 Å². The van der Waals surface area contributed by atoms with Crippen molar-refractivity contribution in [3.63, 3.8) is 0 Å². The molecule has 1 aliphatic carbocycles. The van der Waals surface area contributed by atoms with E-state index < -0.39 is 0 Å². The van der Waals surface area contributed by atoms with Crippen molar-refractivity contribution in [3.05, 3.63) is 22.7 Å². The first-order chi connectivity index (χ1) is 9.65. The van der Waals surface area contributed by atoms with Crippen LogP contribution in [0.4, 0.5) is 0 Å². The Balaban J connectivity index is 2.08. The number of halogens is 1. The molecule has 0 radical (unpaired) electrons. The summed E-state index contributed by atoms with van der Waals surface area (Å²) in [5.74, 6) is 1.88. The average Bonchev–Trinajstić information content (AvgIpc) is 2.97. The molecule has 1 aromatic carbocycles. The molecule has 0 heterocycles. The fraction of sp³-hybridized carbons (Fsp3) is 0.562. The highest BCUT2D eigenvalue weighted by atomic mass is 35.5. The molecule has 0 N–H and O–H groups in total. The molecule has 1 aliphatic rings. The molecule has 2 rings (SSSR count). The molecule has 20 heavy (non-hydrogen) atoms. The molecule has 0 spiro atoms. The molecular weight excluding hydrogens is 276 g/mol. The summed E-state index contributed by atoms with van der Waals surface area (Å²) in [5, 5.41) is 0.430. The van der Waals surface area contributed by atoms with Crippen molar-refractivity contribution in [2.24, 2.45) is 5.92 Å². The van der Waals surface area contributed by atoms with Crippen molar-refractivity contribution in [1.29, 1.82) is 0 Å². The number of hydrogen-bond donors (Lipinski definition) is 0. The summed E-state index contributed by atoms with van der Waals surface area (Å²) in [6, 6.07) is 3.32. The molecule has 110 valence electrons. The number of carbonyl (C=O) groups excluding carboxylic acids is 1. The van der Waals surface area contributed by atoms with Gasteiger partial charge >= 0.3 is 0 Å². The maximum absolute atomic E-state index is 12.3. The predicted molar refractivity (Wildman–Crippen MR) is 80.1 cm³/mol. The van der Waals surface area contributed by atoms with E-state index >= 15 is 0 Å². The van der Waals surface area contributed by atoms with Crippen molar-refractivity contribution in [1.82, 2.24) is 0 Å². The average molecular weight is 297 g/mol. The lowest BCUT2D eigenvalue weighted by Crippen LogP contribution is -2.05. The second-order valence-electron chi connectivity index (χ2n) is 5.30. The lowest BCUT2D eigenvalue weighted by molar-refractivity contribution is 0.0973. The summed E-state index contributed by atoms with van der Waals surface area (Å²) < 4.78 is 10.4. The molecule has 0 aromatic heterocycles. The van der Waals surface area contributed by atoms with E-state index in [2.05, 4.69) is 0 Å². The van der Waals surface area contributed by atoms with E-state index in [1.54, 1.807) is 26.4 Å². The Kier molecular flexibility index (Phi) is 5.30. The van der Waals surface area contributed by atoms with Crippen molar-refractivity contribution < 1.29 is 14.3 Å². The Morgan fingerprint density at radius 3 is 2.40 bits per heavy atom. The predicted octanol–water partition coefficient (Wildman–Crippen LogP) is 4.51. The number of ether oxygens (including phenoxy) is 2. The number of benzene rings is 1. The normalized spacial score (nSPS) is 15.3. The van der Waals surface area contributed by atoms with E-state index in [1.807, 2.05) is 0 Å². The van der Waals surface area contributed by atoms with E-state index in [9.17, 15) is 4.79 Å².